The molecule has 4 aromatic rings. The Balaban J connectivity index is 1.58. The molecule has 10 heteroatoms. The number of benzene rings is 1. The first-order valence-electron chi connectivity index (χ1n) is 8.51. The van der Waals surface area contributed by atoms with Crippen molar-refractivity contribution in [1.29, 1.82) is 0 Å². The van der Waals surface area contributed by atoms with E-state index < -0.39 is 10.0 Å². The molecule has 0 saturated heterocycles. The number of hydrogen-bond acceptors (Lipinski definition) is 7. The minimum Gasteiger partial charge on any atom is -0.333 e. The lowest BCUT2D eigenvalue weighted by Crippen LogP contribution is -2.23. The topological polar surface area (TPSA) is 98.0 Å². The fourth-order valence-corrected chi connectivity index (χ4v) is 5.38. The second-order valence-corrected chi connectivity index (χ2v) is 9.58. The van der Waals surface area contributed by atoms with Gasteiger partial charge in [-0.1, -0.05) is 35.0 Å². The molecule has 0 fully saturated rings. The number of aromatic nitrogens is 3. The van der Waals surface area contributed by atoms with Gasteiger partial charge < -0.3 is 4.52 Å². The molecule has 0 aliphatic carbocycles. The number of rotatable bonds is 6. The van der Waals surface area contributed by atoms with Crippen molar-refractivity contribution in [1.82, 2.24) is 19.8 Å². The quantitative estimate of drug-likeness (QED) is 0.474. The van der Waals surface area contributed by atoms with Crippen LogP contribution in [0.3, 0.4) is 0 Å². The van der Waals surface area contributed by atoms with Gasteiger partial charge in [0, 0.05) is 34.4 Å². The van der Waals surface area contributed by atoms with E-state index in [1.807, 2.05) is 6.07 Å². The molecule has 0 spiro atoms. The van der Waals surface area contributed by atoms with Crippen molar-refractivity contribution < 1.29 is 12.9 Å². The van der Waals surface area contributed by atoms with Gasteiger partial charge >= 0.3 is 0 Å². The fraction of sp³-hybridized carbons (Fsp3) is 0.105. The molecular formula is C19H15ClN4O3S2. The summed E-state index contributed by atoms with van der Waals surface area (Å²) in [5.74, 6) is 0.634. The molecule has 0 amide bonds. The molecule has 0 radical (unpaired) electrons. The Bertz CT molecular complexity index is 1250. The lowest BCUT2D eigenvalue weighted by Gasteiger charge is -2.05. The van der Waals surface area contributed by atoms with Gasteiger partial charge in [-0.3, -0.25) is 4.98 Å². The Hall–Kier alpha value is -2.59. The number of pyridine rings is 1. The van der Waals surface area contributed by atoms with Crippen LogP contribution in [0.2, 0.25) is 5.02 Å². The molecule has 1 N–H and O–H groups in total. The summed E-state index contributed by atoms with van der Waals surface area (Å²) in [6.45, 7) is 1.89. The van der Waals surface area contributed by atoms with Crippen LogP contribution in [-0.2, 0) is 16.6 Å². The first-order chi connectivity index (χ1) is 13.9. The molecule has 0 atom stereocenters. The second kappa shape index (κ2) is 8.03. The maximum Gasteiger partial charge on any atom is 0.268 e. The number of sulfonamides is 1. The molecule has 4 rings (SSSR count). The molecule has 7 nitrogen and oxygen atoms in total. The minimum atomic E-state index is -3.70. The van der Waals surface area contributed by atoms with Gasteiger partial charge in [-0.25, -0.2) is 13.1 Å². The van der Waals surface area contributed by atoms with E-state index in [0.717, 1.165) is 5.56 Å². The van der Waals surface area contributed by atoms with Crippen LogP contribution >= 0.6 is 22.9 Å². The van der Waals surface area contributed by atoms with E-state index in [9.17, 15) is 8.42 Å². The predicted molar refractivity (Wildman–Crippen MR) is 111 cm³/mol. The minimum absolute atomic E-state index is 0.153. The number of nitrogens with zero attached hydrogens (tertiary/aromatic N) is 3. The van der Waals surface area contributed by atoms with Gasteiger partial charge in [0.1, 0.15) is 0 Å². The molecule has 0 aliphatic rings. The first kappa shape index (κ1) is 19.7. The van der Waals surface area contributed by atoms with Gasteiger partial charge in [0.25, 0.3) is 5.89 Å². The highest BCUT2D eigenvalue weighted by Gasteiger charge is 2.22. The number of halogens is 1. The highest BCUT2D eigenvalue weighted by atomic mass is 35.5. The average Bonchev–Trinajstić information content (AvgIpc) is 3.35. The van der Waals surface area contributed by atoms with E-state index in [-0.39, 0.29) is 17.3 Å². The summed E-state index contributed by atoms with van der Waals surface area (Å²) in [4.78, 5) is 9.74. The Kier molecular flexibility index (Phi) is 5.46. The predicted octanol–water partition coefficient (Wildman–Crippen LogP) is 4.30. The van der Waals surface area contributed by atoms with E-state index in [0.29, 0.717) is 26.2 Å². The molecule has 0 bridgehead atoms. The van der Waals surface area contributed by atoms with Crippen LogP contribution < -0.4 is 4.72 Å². The summed E-state index contributed by atoms with van der Waals surface area (Å²) in [5, 5.41) is 4.53. The number of nitrogens with one attached hydrogen (secondary N) is 1. The third-order valence-corrected chi connectivity index (χ3v) is 7.00. The molecule has 148 valence electrons. The lowest BCUT2D eigenvalue weighted by molar-refractivity contribution is 0.433. The second-order valence-electron chi connectivity index (χ2n) is 6.15. The van der Waals surface area contributed by atoms with Crippen LogP contribution in [0.5, 0.6) is 0 Å². The SMILES string of the molecule is Cc1sc(-c2nc(-c3cccc(Cl)c3)no2)cc1S(=O)(=O)NCc1cccnc1. The van der Waals surface area contributed by atoms with Crippen molar-refractivity contribution in [2.24, 2.45) is 0 Å². The van der Waals surface area contributed by atoms with Crippen molar-refractivity contribution in [2.45, 2.75) is 18.4 Å². The van der Waals surface area contributed by atoms with Crippen molar-refractivity contribution in [3.05, 3.63) is 70.3 Å². The van der Waals surface area contributed by atoms with Crippen LogP contribution in [0.25, 0.3) is 22.2 Å². The molecule has 29 heavy (non-hydrogen) atoms. The van der Waals surface area contributed by atoms with Crippen molar-refractivity contribution in [3.8, 4) is 22.2 Å². The molecule has 3 aromatic heterocycles. The van der Waals surface area contributed by atoms with Gasteiger partial charge in [0.05, 0.1) is 9.77 Å². The van der Waals surface area contributed by atoms with Gasteiger partial charge in [-0.05, 0) is 36.8 Å². The van der Waals surface area contributed by atoms with Crippen molar-refractivity contribution in [2.75, 3.05) is 0 Å². The van der Waals surface area contributed by atoms with Gasteiger partial charge in [-0.15, -0.1) is 11.3 Å². The van der Waals surface area contributed by atoms with Gasteiger partial charge in [0.15, 0.2) is 0 Å². The molecule has 0 aliphatic heterocycles. The molecule has 0 saturated carbocycles. The largest absolute Gasteiger partial charge is 0.333 e. The number of hydrogen-bond donors (Lipinski definition) is 1. The summed E-state index contributed by atoms with van der Waals surface area (Å²) < 4.78 is 33.4. The average molecular weight is 447 g/mol. The maximum atomic E-state index is 12.7. The zero-order valence-electron chi connectivity index (χ0n) is 15.2. The smallest absolute Gasteiger partial charge is 0.268 e. The van der Waals surface area contributed by atoms with Crippen LogP contribution in [0.1, 0.15) is 10.4 Å². The molecule has 1 aromatic carbocycles. The summed E-state index contributed by atoms with van der Waals surface area (Å²) in [7, 11) is -3.70. The summed E-state index contributed by atoms with van der Waals surface area (Å²) in [6, 6.07) is 12.2. The van der Waals surface area contributed by atoms with Crippen molar-refractivity contribution in [3.63, 3.8) is 0 Å². The number of aryl methyl sites for hydroxylation is 1. The van der Waals surface area contributed by atoms with Crippen LogP contribution in [0, 0.1) is 6.92 Å². The van der Waals surface area contributed by atoms with Gasteiger partial charge in [-0.2, -0.15) is 4.98 Å². The summed E-state index contributed by atoms with van der Waals surface area (Å²) in [5.41, 5.74) is 1.49. The Morgan fingerprint density at radius 2 is 2.07 bits per heavy atom. The molecular weight excluding hydrogens is 432 g/mol. The van der Waals surface area contributed by atoms with Crippen LogP contribution in [0.15, 0.2) is 64.3 Å². The zero-order valence-corrected chi connectivity index (χ0v) is 17.6. The van der Waals surface area contributed by atoms with E-state index >= 15 is 0 Å². The highest BCUT2D eigenvalue weighted by molar-refractivity contribution is 7.89. The Morgan fingerprint density at radius 1 is 1.21 bits per heavy atom. The highest BCUT2D eigenvalue weighted by Crippen LogP contribution is 2.33. The van der Waals surface area contributed by atoms with E-state index in [1.165, 1.54) is 11.3 Å². The van der Waals surface area contributed by atoms with E-state index in [4.69, 9.17) is 16.1 Å². The summed E-state index contributed by atoms with van der Waals surface area (Å²) >= 11 is 7.28. The van der Waals surface area contributed by atoms with E-state index in [1.54, 1.807) is 55.7 Å². The first-order valence-corrected chi connectivity index (χ1v) is 11.2. The third-order valence-electron chi connectivity index (χ3n) is 4.07. The van der Waals surface area contributed by atoms with E-state index in [2.05, 4.69) is 19.8 Å². The molecule has 3 heterocycles. The molecule has 0 unspecified atom stereocenters. The van der Waals surface area contributed by atoms with Crippen LogP contribution in [-0.4, -0.2) is 23.5 Å². The fourth-order valence-electron chi connectivity index (χ4n) is 2.66. The maximum absolute atomic E-state index is 12.7. The lowest BCUT2D eigenvalue weighted by atomic mass is 10.2. The Labute approximate surface area is 176 Å². The monoisotopic (exact) mass is 446 g/mol. The number of thiophene rings is 1. The summed E-state index contributed by atoms with van der Waals surface area (Å²) in [6.07, 6.45) is 3.25. The third kappa shape index (κ3) is 4.38. The Morgan fingerprint density at radius 3 is 2.83 bits per heavy atom. The van der Waals surface area contributed by atoms with Crippen molar-refractivity contribution >= 4 is 33.0 Å². The zero-order chi connectivity index (χ0) is 20.4. The normalized spacial score (nSPS) is 11.7. The van der Waals surface area contributed by atoms with Crippen LogP contribution in [0.4, 0.5) is 0 Å². The standard InChI is InChI=1S/C19H15ClN4O3S2/c1-12-17(29(25,26)22-11-13-4-3-7-21-10-13)9-16(28-12)19-23-18(24-27-19)14-5-2-6-15(20)8-14/h2-10,22H,11H2,1H3. The van der Waals surface area contributed by atoms with Gasteiger partial charge in [0.2, 0.25) is 15.8 Å².